The van der Waals surface area contributed by atoms with Gasteiger partial charge in [0.15, 0.2) is 5.96 Å². The summed E-state index contributed by atoms with van der Waals surface area (Å²) < 4.78 is 5.18. The minimum Gasteiger partial charge on any atom is -0.497 e. The van der Waals surface area contributed by atoms with Crippen molar-refractivity contribution >= 4 is 23.5 Å². The fourth-order valence-electron chi connectivity index (χ4n) is 2.76. The van der Waals surface area contributed by atoms with Crippen molar-refractivity contribution in [1.29, 1.82) is 0 Å². The number of carbonyl (C=O) groups excluding carboxylic acids is 1. The number of nitrogens with zero attached hydrogens (tertiary/aromatic N) is 1. The Morgan fingerprint density at radius 2 is 1.86 bits per heavy atom. The SMILES string of the molecule is CCNC(=O)c1cccc(CN=C(NCC)NCCc2ccc(OC)cc2Cl)c1. The number of carbonyl (C=O) groups is 1. The van der Waals surface area contributed by atoms with E-state index in [9.17, 15) is 4.79 Å². The van der Waals surface area contributed by atoms with Crippen LogP contribution in [0.2, 0.25) is 5.02 Å². The Bertz CT molecular complexity index is 839. The second-order valence-electron chi connectivity index (χ2n) is 6.39. The maximum atomic E-state index is 12.0. The van der Waals surface area contributed by atoms with Gasteiger partial charge < -0.3 is 20.7 Å². The molecule has 0 bridgehead atoms. The van der Waals surface area contributed by atoms with Gasteiger partial charge in [-0.05, 0) is 55.7 Å². The molecule has 0 aliphatic carbocycles. The summed E-state index contributed by atoms with van der Waals surface area (Å²) in [5.74, 6) is 1.40. The summed E-state index contributed by atoms with van der Waals surface area (Å²) in [5, 5.41) is 10.1. The molecule has 2 aromatic carbocycles. The lowest BCUT2D eigenvalue weighted by molar-refractivity contribution is 0.0955. The smallest absolute Gasteiger partial charge is 0.251 e. The Morgan fingerprint density at radius 3 is 2.55 bits per heavy atom. The fraction of sp³-hybridized carbons (Fsp3) is 0.364. The van der Waals surface area contributed by atoms with Crippen LogP contribution in [0.1, 0.15) is 35.3 Å². The number of nitrogens with one attached hydrogen (secondary N) is 3. The number of amides is 1. The largest absolute Gasteiger partial charge is 0.497 e. The molecule has 0 radical (unpaired) electrons. The molecule has 2 rings (SSSR count). The number of aliphatic imine (C=N–C) groups is 1. The zero-order valence-corrected chi connectivity index (χ0v) is 18.0. The molecule has 0 unspecified atom stereocenters. The molecule has 1 amide bonds. The first kappa shape index (κ1) is 22.6. The average molecular weight is 417 g/mol. The van der Waals surface area contributed by atoms with E-state index in [0.29, 0.717) is 30.2 Å². The fourth-order valence-corrected chi connectivity index (χ4v) is 3.02. The molecule has 0 aromatic heterocycles. The zero-order valence-electron chi connectivity index (χ0n) is 17.2. The highest BCUT2D eigenvalue weighted by atomic mass is 35.5. The van der Waals surface area contributed by atoms with Gasteiger partial charge in [-0.15, -0.1) is 0 Å². The molecular weight excluding hydrogens is 388 g/mol. The third kappa shape index (κ3) is 7.31. The molecule has 0 aliphatic rings. The summed E-state index contributed by atoms with van der Waals surface area (Å²) in [7, 11) is 1.62. The number of guanidine groups is 1. The van der Waals surface area contributed by atoms with E-state index < -0.39 is 0 Å². The van der Waals surface area contributed by atoms with Crippen LogP contribution in [-0.2, 0) is 13.0 Å². The lowest BCUT2D eigenvalue weighted by atomic mass is 10.1. The molecule has 2 aromatic rings. The van der Waals surface area contributed by atoms with Gasteiger partial charge in [0.1, 0.15) is 5.75 Å². The minimum absolute atomic E-state index is 0.0697. The standard InChI is InChI=1S/C22H29ClN4O2/c1-4-24-21(28)18-8-6-7-16(13-18)15-27-22(25-5-2)26-12-11-17-9-10-19(29-3)14-20(17)23/h6-10,13-14H,4-5,11-12,15H2,1-3H3,(H,24,28)(H2,25,26,27). The predicted molar refractivity (Wildman–Crippen MR) is 119 cm³/mol. The Morgan fingerprint density at radius 1 is 1.07 bits per heavy atom. The van der Waals surface area contributed by atoms with E-state index in [1.165, 1.54) is 0 Å². The second-order valence-corrected chi connectivity index (χ2v) is 6.80. The summed E-state index contributed by atoms with van der Waals surface area (Å²) in [6, 6.07) is 13.2. The first-order valence-electron chi connectivity index (χ1n) is 9.79. The van der Waals surface area contributed by atoms with Crippen molar-refractivity contribution < 1.29 is 9.53 Å². The van der Waals surface area contributed by atoms with E-state index in [-0.39, 0.29) is 5.91 Å². The van der Waals surface area contributed by atoms with E-state index in [4.69, 9.17) is 16.3 Å². The van der Waals surface area contributed by atoms with Crippen LogP contribution >= 0.6 is 11.6 Å². The van der Waals surface area contributed by atoms with E-state index in [1.54, 1.807) is 13.2 Å². The molecule has 156 valence electrons. The van der Waals surface area contributed by atoms with E-state index in [2.05, 4.69) is 20.9 Å². The molecule has 7 heteroatoms. The van der Waals surface area contributed by atoms with Gasteiger partial charge in [-0.1, -0.05) is 29.8 Å². The van der Waals surface area contributed by atoms with Gasteiger partial charge in [0.25, 0.3) is 5.91 Å². The monoisotopic (exact) mass is 416 g/mol. The molecule has 3 N–H and O–H groups in total. The molecule has 0 fully saturated rings. The van der Waals surface area contributed by atoms with Crippen molar-refractivity contribution in [3.05, 3.63) is 64.2 Å². The average Bonchev–Trinajstić information content (AvgIpc) is 2.73. The molecule has 29 heavy (non-hydrogen) atoms. The molecule has 0 atom stereocenters. The topological polar surface area (TPSA) is 74.8 Å². The van der Waals surface area contributed by atoms with E-state index in [0.717, 1.165) is 35.8 Å². The molecular formula is C22H29ClN4O2. The summed E-state index contributed by atoms with van der Waals surface area (Å²) >= 11 is 6.30. The van der Waals surface area contributed by atoms with Crippen LogP contribution in [0.4, 0.5) is 0 Å². The van der Waals surface area contributed by atoms with Crippen LogP contribution in [0.3, 0.4) is 0 Å². The number of halogens is 1. The first-order valence-corrected chi connectivity index (χ1v) is 10.2. The number of benzene rings is 2. The van der Waals surface area contributed by atoms with Crippen molar-refractivity contribution in [3.8, 4) is 5.75 Å². The van der Waals surface area contributed by atoms with Gasteiger partial charge in [-0.25, -0.2) is 4.99 Å². The number of hydrogen-bond donors (Lipinski definition) is 3. The van der Waals surface area contributed by atoms with Crippen molar-refractivity contribution in [2.24, 2.45) is 4.99 Å². The molecule has 0 saturated carbocycles. The lowest BCUT2D eigenvalue weighted by Crippen LogP contribution is -2.38. The maximum Gasteiger partial charge on any atom is 0.251 e. The second kappa shape index (κ2) is 12.0. The summed E-state index contributed by atoms with van der Waals surface area (Å²) in [6.45, 7) is 6.46. The van der Waals surface area contributed by atoms with Gasteiger partial charge in [0, 0.05) is 30.2 Å². The highest BCUT2D eigenvalue weighted by Gasteiger charge is 2.06. The number of methoxy groups -OCH3 is 1. The van der Waals surface area contributed by atoms with Crippen molar-refractivity contribution in [2.45, 2.75) is 26.8 Å². The first-order chi connectivity index (χ1) is 14.1. The highest BCUT2D eigenvalue weighted by molar-refractivity contribution is 6.31. The van der Waals surface area contributed by atoms with Crippen LogP contribution in [0.5, 0.6) is 5.75 Å². The van der Waals surface area contributed by atoms with Gasteiger partial charge in [0.2, 0.25) is 0 Å². The third-order valence-corrected chi connectivity index (χ3v) is 4.59. The Balaban J connectivity index is 1.96. The predicted octanol–water partition coefficient (Wildman–Crippen LogP) is 3.40. The summed E-state index contributed by atoms with van der Waals surface area (Å²) in [5.41, 5.74) is 2.67. The molecule has 0 saturated heterocycles. The number of rotatable bonds is 9. The van der Waals surface area contributed by atoms with E-state index >= 15 is 0 Å². The Hall–Kier alpha value is -2.73. The van der Waals surface area contributed by atoms with Crippen LogP contribution in [-0.4, -0.2) is 38.6 Å². The van der Waals surface area contributed by atoms with Crippen LogP contribution < -0.4 is 20.7 Å². The van der Waals surface area contributed by atoms with Crippen LogP contribution in [0.15, 0.2) is 47.5 Å². The molecule has 0 spiro atoms. The zero-order chi connectivity index (χ0) is 21.1. The Labute approximate surface area is 177 Å². The van der Waals surface area contributed by atoms with Gasteiger partial charge >= 0.3 is 0 Å². The Kier molecular flexibility index (Phi) is 9.31. The molecule has 6 nitrogen and oxygen atoms in total. The quantitative estimate of drug-likeness (QED) is 0.432. The normalized spacial score (nSPS) is 11.1. The van der Waals surface area contributed by atoms with Gasteiger partial charge in [-0.2, -0.15) is 0 Å². The summed E-state index contributed by atoms with van der Waals surface area (Å²) in [6.07, 6.45) is 0.764. The lowest BCUT2D eigenvalue weighted by Gasteiger charge is -2.12. The van der Waals surface area contributed by atoms with Crippen molar-refractivity contribution in [3.63, 3.8) is 0 Å². The van der Waals surface area contributed by atoms with E-state index in [1.807, 2.05) is 50.2 Å². The number of hydrogen-bond acceptors (Lipinski definition) is 3. The van der Waals surface area contributed by atoms with Crippen LogP contribution in [0, 0.1) is 0 Å². The summed E-state index contributed by atoms with van der Waals surface area (Å²) in [4.78, 5) is 16.6. The third-order valence-electron chi connectivity index (χ3n) is 4.24. The minimum atomic E-state index is -0.0697. The molecule has 0 aliphatic heterocycles. The van der Waals surface area contributed by atoms with Crippen molar-refractivity contribution in [1.82, 2.24) is 16.0 Å². The van der Waals surface area contributed by atoms with Gasteiger partial charge in [0.05, 0.1) is 13.7 Å². The molecule has 0 heterocycles. The highest BCUT2D eigenvalue weighted by Crippen LogP contribution is 2.22. The van der Waals surface area contributed by atoms with Gasteiger partial charge in [-0.3, -0.25) is 4.79 Å². The van der Waals surface area contributed by atoms with Crippen molar-refractivity contribution in [2.75, 3.05) is 26.7 Å². The maximum absolute atomic E-state index is 12.0. The van der Waals surface area contributed by atoms with Crippen LogP contribution in [0.25, 0.3) is 0 Å². The number of ether oxygens (including phenoxy) is 1.